The lowest BCUT2D eigenvalue weighted by Crippen LogP contribution is -2.41. The van der Waals surface area contributed by atoms with Crippen LogP contribution < -0.4 is 21.9 Å². The summed E-state index contributed by atoms with van der Waals surface area (Å²) >= 11 is 0. The van der Waals surface area contributed by atoms with Crippen molar-refractivity contribution < 1.29 is 14.0 Å². The van der Waals surface area contributed by atoms with Crippen LogP contribution in [0.4, 0.5) is 21.7 Å². The van der Waals surface area contributed by atoms with E-state index in [1.54, 1.807) is 23.9 Å². The second-order valence-corrected chi connectivity index (χ2v) is 6.38. The molecule has 1 amide bonds. The number of carbonyl (C=O) groups is 2. The Hall–Kier alpha value is -3.53. The molecule has 28 heavy (non-hydrogen) atoms. The molecule has 3 aromatic rings. The molecule has 0 fully saturated rings. The largest absolute Gasteiger partial charge is 0.365 e. The minimum Gasteiger partial charge on any atom is -0.365 e. The quantitative estimate of drug-likeness (QED) is 0.320. The van der Waals surface area contributed by atoms with Gasteiger partial charge in [-0.25, -0.2) is 15.2 Å². The maximum atomic E-state index is 14.5. The van der Waals surface area contributed by atoms with Crippen LogP contribution in [0.2, 0.25) is 0 Å². The molecule has 0 unspecified atom stereocenters. The van der Waals surface area contributed by atoms with Crippen molar-refractivity contribution >= 4 is 40.4 Å². The highest BCUT2D eigenvalue weighted by Gasteiger charge is 2.21. The van der Waals surface area contributed by atoms with Crippen LogP contribution in [0.5, 0.6) is 0 Å². The normalized spacial score (nSPS) is 12.0. The van der Waals surface area contributed by atoms with E-state index in [-0.39, 0.29) is 23.6 Å². The van der Waals surface area contributed by atoms with Gasteiger partial charge in [-0.15, -0.1) is 0 Å². The number of benzene rings is 1. The number of hydrogen-bond donors (Lipinski definition) is 3. The molecule has 2 aromatic heterocycles. The van der Waals surface area contributed by atoms with Gasteiger partial charge >= 0.3 is 0 Å². The lowest BCUT2D eigenvalue weighted by Gasteiger charge is -2.25. The molecule has 2 heterocycles. The second-order valence-electron chi connectivity index (χ2n) is 6.38. The van der Waals surface area contributed by atoms with Gasteiger partial charge in [0.15, 0.2) is 11.6 Å². The van der Waals surface area contributed by atoms with Crippen molar-refractivity contribution in [2.75, 3.05) is 10.3 Å². The van der Waals surface area contributed by atoms with Gasteiger partial charge in [0.2, 0.25) is 0 Å². The molecule has 1 atom stereocenters. The van der Waals surface area contributed by atoms with Gasteiger partial charge in [-0.1, -0.05) is 0 Å². The lowest BCUT2D eigenvalue weighted by atomic mass is 10.2. The molecule has 0 radical (unpaired) electrons. The second kappa shape index (κ2) is 7.61. The first-order valence-corrected chi connectivity index (χ1v) is 8.48. The lowest BCUT2D eigenvalue weighted by molar-refractivity contribution is -0.108. The van der Waals surface area contributed by atoms with Gasteiger partial charge in [0, 0.05) is 24.5 Å². The molecule has 5 N–H and O–H groups in total. The highest BCUT2D eigenvalue weighted by molar-refractivity contribution is 5.99. The molecule has 1 aromatic carbocycles. The number of rotatable bonds is 7. The SMILES string of the molecule is C[C@H](CC=O)N(N)c1nc(Nc2ccc3c(cnn3C)c2)c(C(N)=O)cc1F. The van der Waals surface area contributed by atoms with Crippen LogP contribution in [-0.4, -0.2) is 33.0 Å². The fourth-order valence-electron chi connectivity index (χ4n) is 2.78. The van der Waals surface area contributed by atoms with Crippen molar-refractivity contribution in [1.82, 2.24) is 14.8 Å². The summed E-state index contributed by atoms with van der Waals surface area (Å²) in [5, 5.41) is 9.07. The molecule has 10 heteroatoms. The number of nitrogens with one attached hydrogen (secondary N) is 1. The molecule has 0 bridgehead atoms. The van der Waals surface area contributed by atoms with Crippen LogP contribution in [0.15, 0.2) is 30.5 Å². The zero-order valence-corrected chi connectivity index (χ0v) is 15.4. The number of nitrogens with zero attached hydrogens (tertiary/aromatic N) is 4. The number of aryl methyl sites for hydroxylation is 1. The predicted octanol–water partition coefficient (Wildman–Crippen LogP) is 1.61. The molecule has 0 saturated carbocycles. The summed E-state index contributed by atoms with van der Waals surface area (Å²) in [5.74, 6) is 4.10. The number of fused-ring (bicyclic) bond motifs is 1. The number of carbonyl (C=O) groups excluding carboxylic acids is 2. The number of aldehydes is 1. The Labute approximate surface area is 160 Å². The Bertz CT molecular complexity index is 1050. The third-order valence-corrected chi connectivity index (χ3v) is 4.39. The summed E-state index contributed by atoms with van der Waals surface area (Å²) in [5.41, 5.74) is 6.78. The van der Waals surface area contributed by atoms with Crippen molar-refractivity contribution in [3.63, 3.8) is 0 Å². The number of aromatic nitrogens is 3. The van der Waals surface area contributed by atoms with Gasteiger partial charge in [-0.2, -0.15) is 5.10 Å². The molecular weight excluding hydrogens is 365 g/mol. The number of anilines is 3. The Balaban J connectivity index is 2.02. The monoisotopic (exact) mass is 385 g/mol. The first-order chi connectivity index (χ1) is 13.3. The molecule has 0 spiro atoms. The van der Waals surface area contributed by atoms with Gasteiger partial charge in [0.1, 0.15) is 12.1 Å². The van der Waals surface area contributed by atoms with Crippen molar-refractivity contribution in [2.24, 2.45) is 18.6 Å². The van der Waals surface area contributed by atoms with Crippen LogP contribution in [0.25, 0.3) is 10.9 Å². The van der Waals surface area contributed by atoms with Gasteiger partial charge in [-0.3, -0.25) is 14.5 Å². The molecule has 0 aliphatic carbocycles. The van der Waals surface area contributed by atoms with Crippen molar-refractivity contribution in [3.05, 3.63) is 41.8 Å². The number of primary amides is 1. The van der Waals surface area contributed by atoms with Crippen molar-refractivity contribution in [3.8, 4) is 0 Å². The van der Waals surface area contributed by atoms with E-state index in [0.29, 0.717) is 12.0 Å². The molecule has 146 valence electrons. The number of hydrogen-bond acceptors (Lipinski definition) is 7. The van der Waals surface area contributed by atoms with Crippen LogP contribution in [0.3, 0.4) is 0 Å². The Morgan fingerprint density at radius 3 is 2.86 bits per heavy atom. The van der Waals surface area contributed by atoms with E-state index in [0.717, 1.165) is 22.0 Å². The number of amides is 1. The summed E-state index contributed by atoms with van der Waals surface area (Å²) in [6.45, 7) is 1.65. The van der Waals surface area contributed by atoms with E-state index >= 15 is 0 Å². The van der Waals surface area contributed by atoms with Crippen LogP contribution in [-0.2, 0) is 11.8 Å². The zero-order chi connectivity index (χ0) is 20.4. The van der Waals surface area contributed by atoms with Crippen LogP contribution >= 0.6 is 0 Å². The highest BCUT2D eigenvalue weighted by Crippen LogP contribution is 2.27. The Morgan fingerprint density at radius 2 is 2.18 bits per heavy atom. The Morgan fingerprint density at radius 1 is 1.43 bits per heavy atom. The Kier molecular flexibility index (Phi) is 5.23. The fourth-order valence-corrected chi connectivity index (χ4v) is 2.78. The maximum absolute atomic E-state index is 14.5. The topological polar surface area (TPSA) is 132 Å². The first kappa shape index (κ1) is 19.2. The van der Waals surface area contributed by atoms with E-state index in [4.69, 9.17) is 11.6 Å². The summed E-state index contributed by atoms with van der Waals surface area (Å²) in [7, 11) is 1.82. The van der Waals surface area contributed by atoms with Gasteiger partial charge in [0.05, 0.1) is 23.3 Å². The van der Waals surface area contributed by atoms with E-state index in [1.165, 1.54) is 0 Å². The van der Waals surface area contributed by atoms with Gasteiger partial charge in [0.25, 0.3) is 5.91 Å². The molecule has 3 rings (SSSR count). The molecule has 0 aliphatic heterocycles. The third-order valence-electron chi connectivity index (χ3n) is 4.39. The smallest absolute Gasteiger partial charge is 0.252 e. The van der Waals surface area contributed by atoms with Crippen molar-refractivity contribution in [1.29, 1.82) is 0 Å². The van der Waals surface area contributed by atoms with Crippen LogP contribution in [0, 0.1) is 5.82 Å². The van der Waals surface area contributed by atoms with Crippen LogP contribution in [0.1, 0.15) is 23.7 Å². The highest BCUT2D eigenvalue weighted by atomic mass is 19.1. The van der Waals surface area contributed by atoms with E-state index in [1.807, 2.05) is 19.2 Å². The number of pyridine rings is 1. The standard InChI is InChI=1S/C18H20FN7O2/c1-10(5-6-27)26(21)18-14(19)8-13(16(20)28)17(24-18)23-12-3-4-15-11(7-12)9-22-25(15)2/h3-4,6-10H,5,21H2,1-2H3,(H2,20,28)(H,23,24)/t10-/m1/s1. The first-order valence-electron chi connectivity index (χ1n) is 8.48. The minimum absolute atomic E-state index is 0.0564. The average Bonchev–Trinajstić information content (AvgIpc) is 3.02. The molecule has 0 aliphatic rings. The van der Waals surface area contributed by atoms with E-state index < -0.39 is 17.8 Å². The molecule has 9 nitrogen and oxygen atoms in total. The van der Waals surface area contributed by atoms with Gasteiger partial charge in [-0.05, 0) is 31.2 Å². The zero-order valence-electron chi connectivity index (χ0n) is 15.4. The fraction of sp³-hybridized carbons (Fsp3) is 0.222. The minimum atomic E-state index is -0.840. The summed E-state index contributed by atoms with van der Waals surface area (Å²) in [6.07, 6.45) is 2.47. The summed E-state index contributed by atoms with van der Waals surface area (Å²) < 4.78 is 16.2. The summed E-state index contributed by atoms with van der Waals surface area (Å²) in [4.78, 5) is 26.6. The molecular formula is C18H20FN7O2. The molecule has 0 saturated heterocycles. The van der Waals surface area contributed by atoms with Gasteiger partial charge < -0.3 is 15.8 Å². The number of hydrazine groups is 1. The summed E-state index contributed by atoms with van der Waals surface area (Å²) in [6, 6.07) is 5.92. The number of nitrogens with two attached hydrogens (primary N) is 2. The van der Waals surface area contributed by atoms with E-state index in [9.17, 15) is 14.0 Å². The van der Waals surface area contributed by atoms with Crippen molar-refractivity contribution in [2.45, 2.75) is 19.4 Å². The van der Waals surface area contributed by atoms with E-state index in [2.05, 4.69) is 15.4 Å². The number of halogens is 1. The third kappa shape index (κ3) is 3.62. The predicted molar refractivity (Wildman–Crippen MR) is 104 cm³/mol. The maximum Gasteiger partial charge on any atom is 0.252 e. The average molecular weight is 385 g/mol.